The van der Waals surface area contributed by atoms with E-state index in [1.807, 2.05) is 7.05 Å². The lowest BCUT2D eigenvalue weighted by Gasteiger charge is -2.09. The van der Waals surface area contributed by atoms with Crippen molar-refractivity contribution >= 4 is 0 Å². The van der Waals surface area contributed by atoms with Crippen LogP contribution in [0.5, 0.6) is 0 Å². The van der Waals surface area contributed by atoms with Crippen LogP contribution < -0.4 is 10.6 Å². The summed E-state index contributed by atoms with van der Waals surface area (Å²) in [5.41, 5.74) is 0. The van der Waals surface area contributed by atoms with Gasteiger partial charge in [-0.3, -0.25) is 0 Å². The van der Waals surface area contributed by atoms with E-state index in [1.165, 1.54) is 25.7 Å². The summed E-state index contributed by atoms with van der Waals surface area (Å²) in [5, 5.41) is 6.59. The lowest BCUT2D eigenvalue weighted by atomic mass is 10.2. The first-order valence-corrected chi connectivity index (χ1v) is 4.93. The van der Waals surface area contributed by atoms with Crippen LogP contribution in [0.3, 0.4) is 0 Å². The Bertz CT molecular complexity index is 137. The predicted octanol–water partition coefficient (Wildman–Crippen LogP) is 1.64. The number of likely N-dealkylation sites (N-methyl/N-ethyl adjacent to an activating group) is 1. The molecule has 0 heterocycles. The Kier molecular flexibility index (Phi) is 4.15. The molecule has 0 saturated heterocycles. The molecule has 2 nitrogen and oxygen atoms in total. The van der Waals surface area contributed by atoms with Gasteiger partial charge in [0, 0.05) is 12.1 Å². The minimum absolute atomic E-state index is 0.471. The van der Waals surface area contributed by atoms with Crippen LogP contribution >= 0.6 is 0 Å². The van der Waals surface area contributed by atoms with E-state index in [2.05, 4.69) is 29.8 Å². The SMILES string of the molecule is CNC(C)/C=C\NC1CCCC1. The van der Waals surface area contributed by atoms with Gasteiger partial charge in [-0.05, 0) is 33.0 Å². The zero-order chi connectivity index (χ0) is 8.81. The summed E-state index contributed by atoms with van der Waals surface area (Å²) in [4.78, 5) is 0. The smallest absolute Gasteiger partial charge is 0.0255 e. The third-order valence-corrected chi connectivity index (χ3v) is 2.53. The van der Waals surface area contributed by atoms with Crippen LogP contribution in [0.4, 0.5) is 0 Å². The van der Waals surface area contributed by atoms with Gasteiger partial charge in [0.1, 0.15) is 0 Å². The summed E-state index contributed by atoms with van der Waals surface area (Å²) >= 11 is 0. The molecular formula is C10H20N2. The normalized spacial score (nSPS) is 21.8. The maximum atomic E-state index is 3.43. The molecule has 0 aromatic rings. The van der Waals surface area contributed by atoms with Crippen molar-refractivity contribution in [2.45, 2.75) is 44.7 Å². The number of hydrogen-bond acceptors (Lipinski definition) is 2. The quantitative estimate of drug-likeness (QED) is 0.667. The van der Waals surface area contributed by atoms with Crippen LogP contribution in [0.2, 0.25) is 0 Å². The molecule has 1 atom stereocenters. The molecule has 0 radical (unpaired) electrons. The van der Waals surface area contributed by atoms with Crippen LogP contribution in [0, 0.1) is 0 Å². The zero-order valence-electron chi connectivity index (χ0n) is 8.14. The second-order valence-corrected chi connectivity index (χ2v) is 3.58. The van der Waals surface area contributed by atoms with Gasteiger partial charge in [-0.1, -0.05) is 18.9 Å². The summed E-state index contributed by atoms with van der Waals surface area (Å²) in [6.07, 6.45) is 9.74. The van der Waals surface area contributed by atoms with Crippen LogP contribution in [0.1, 0.15) is 32.6 Å². The minimum Gasteiger partial charge on any atom is -0.388 e. The van der Waals surface area contributed by atoms with Gasteiger partial charge in [-0.25, -0.2) is 0 Å². The van der Waals surface area contributed by atoms with Crippen molar-refractivity contribution in [2.75, 3.05) is 7.05 Å². The lowest BCUT2D eigenvalue weighted by Crippen LogP contribution is -2.23. The molecule has 1 fully saturated rings. The number of rotatable bonds is 4. The average molecular weight is 168 g/mol. The van der Waals surface area contributed by atoms with E-state index < -0.39 is 0 Å². The highest BCUT2D eigenvalue weighted by molar-refractivity contribution is 4.91. The van der Waals surface area contributed by atoms with Crippen molar-refractivity contribution in [3.8, 4) is 0 Å². The Morgan fingerprint density at radius 3 is 2.58 bits per heavy atom. The average Bonchev–Trinajstić information content (AvgIpc) is 2.57. The molecule has 1 unspecified atom stereocenters. The first-order chi connectivity index (χ1) is 5.83. The van der Waals surface area contributed by atoms with Gasteiger partial charge in [0.15, 0.2) is 0 Å². The van der Waals surface area contributed by atoms with Crippen molar-refractivity contribution in [3.63, 3.8) is 0 Å². The molecule has 0 aromatic carbocycles. The van der Waals surface area contributed by atoms with Gasteiger partial charge in [-0.15, -0.1) is 0 Å². The largest absolute Gasteiger partial charge is 0.388 e. The Morgan fingerprint density at radius 2 is 2.00 bits per heavy atom. The van der Waals surface area contributed by atoms with E-state index in [4.69, 9.17) is 0 Å². The maximum Gasteiger partial charge on any atom is 0.0255 e. The highest BCUT2D eigenvalue weighted by Crippen LogP contribution is 2.17. The van der Waals surface area contributed by atoms with Crippen molar-refractivity contribution < 1.29 is 0 Å². The predicted molar refractivity (Wildman–Crippen MR) is 53.1 cm³/mol. The molecule has 1 aliphatic rings. The van der Waals surface area contributed by atoms with Crippen molar-refractivity contribution in [3.05, 3.63) is 12.3 Å². The Hall–Kier alpha value is -0.500. The van der Waals surface area contributed by atoms with Crippen LogP contribution in [-0.2, 0) is 0 Å². The summed E-state index contributed by atoms with van der Waals surface area (Å²) in [5.74, 6) is 0. The third kappa shape index (κ3) is 3.26. The highest BCUT2D eigenvalue weighted by Gasteiger charge is 2.11. The van der Waals surface area contributed by atoms with Crippen molar-refractivity contribution in [1.82, 2.24) is 10.6 Å². The van der Waals surface area contributed by atoms with E-state index in [0.29, 0.717) is 6.04 Å². The summed E-state index contributed by atoms with van der Waals surface area (Å²) in [7, 11) is 1.98. The molecule has 1 aliphatic carbocycles. The monoisotopic (exact) mass is 168 g/mol. The van der Waals surface area contributed by atoms with Gasteiger partial charge in [0.25, 0.3) is 0 Å². The molecule has 0 aliphatic heterocycles. The third-order valence-electron chi connectivity index (χ3n) is 2.53. The molecule has 0 spiro atoms. The fourth-order valence-electron chi connectivity index (χ4n) is 1.52. The summed E-state index contributed by atoms with van der Waals surface area (Å²) in [6, 6.07) is 1.21. The molecule has 0 aromatic heterocycles. The fraction of sp³-hybridized carbons (Fsp3) is 0.800. The zero-order valence-corrected chi connectivity index (χ0v) is 8.14. The first-order valence-electron chi connectivity index (χ1n) is 4.93. The van der Waals surface area contributed by atoms with Gasteiger partial charge in [0.05, 0.1) is 0 Å². The summed E-state index contributed by atoms with van der Waals surface area (Å²) in [6.45, 7) is 2.15. The van der Waals surface area contributed by atoms with Crippen LogP contribution in [-0.4, -0.2) is 19.1 Å². The van der Waals surface area contributed by atoms with E-state index >= 15 is 0 Å². The molecule has 70 valence electrons. The van der Waals surface area contributed by atoms with E-state index in [9.17, 15) is 0 Å². The van der Waals surface area contributed by atoms with Gasteiger partial charge < -0.3 is 10.6 Å². The van der Waals surface area contributed by atoms with Gasteiger partial charge in [0.2, 0.25) is 0 Å². The number of nitrogens with one attached hydrogen (secondary N) is 2. The van der Waals surface area contributed by atoms with Crippen LogP contribution in [0.25, 0.3) is 0 Å². The maximum absolute atomic E-state index is 3.43. The van der Waals surface area contributed by atoms with Crippen LogP contribution in [0.15, 0.2) is 12.3 Å². The topological polar surface area (TPSA) is 24.1 Å². The van der Waals surface area contributed by atoms with Crippen molar-refractivity contribution in [1.29, 1.82) is 0 Å². The Balaban J connectivity index is 2.10. The van der Waals surface area contributed by atoms with Gasteiger partial charge in [-0.2, -0.15) is 0 Å². The summed E-state index contributed by atoms with van der Waals surface area (Å²) < 4.78 is 0. The first kappa shape index (κ1) is 9.59. The van der Waals surface area contributed by atoms with Crippen molar-refractivity contribution in [2.24, 2.45) is 0 Å². The molecular weight excluding hydrogens is 148 g/mol. The molecule has 0 bridgehead atoms. The van der Waals surface area contributed by atoms with Gasteiger partial charge >= 0.3 is 0 Å². The fourth-order valence-corrected chi connectivity index (χ4v) is 1.52. The Labute approximate surface area is 75.4 Å². The Morgan fingerprint density at radius 1 is 1.33 bits per heavy atom. The van der Waals surface area contributed by atoms with E-state index in [0.717, 1.165) is 6.04 Å². The minimum atomic E-state index is 0.471. The highest BCUT2D eigenvalue weighted by atomic mass is 14.9. The molecule has 1 rings (SSSR count). The molecule has 12 heavy (non-hydrogen) atoms. The standard InChI is InChI=1S/C10H20N2/c1-9(11-2)7-8-12-10-5-3-4-6-10/h7-12H,3-6H2,1-2H3/b8-7-. The molecule has 2 N–H and O–H groups in total. The second-order valence-electron chi connectivity index (χ2n) is 3.58. The lowest BCUT2D eigenvalue weighted by molar-refractivity contribution is 0.602. The second kappa shape index (κ2) is 5.20. The molecule has 2 heteroatoms. The molecule has 1 saturated carbocycles. The van der Waals surface area contributed by atoms with E-state index in [1.54, 1.807) is 0 Å². The number of hydrogen-bond donors (Lipinski definition) is 2. The van der Waals surface area contributed by atoms with E-state index in [-0.39, 0.29) is 0 Å². The molecule has 0 amide bonds.